The monoisotopic (exact) mass is 501 g/mol. The van der Waals surface area contributed by atoms with Gasteiger partial charge >= 0.3 is 0 Å². The minimum atomic E-state index is -1.20. The van der Waals surface area contributed by atoms with Gasteiger partial charge in [0, 0.05) is 55.0 Å². The van der Waals surface area contributed by atoms with Crippen LogP contribution in [0.25, 0.3) is 0 Å². The largest absolute Gasteiger partial charge is 0.298 e. The lowest BCUT2D eigenvalue weighted by atomic mass is 10.1. The summed E-state index contributed by atoms with van der Waals surface area (Å²) in [6.45, 7) is 3.31. The molecule has 0 saturated carbocycles. The second-order valence-electron chi connectivity index (χ2n) is 6.94. The van der Waals surface area contributed by atoms with Gasteiger partial charge in [-0.1, -0.05) is 12.1 Å². The summed E-state index contributed by atoms with van der Waals surface area (Å²) in [6, 6.07) is 13.0. The Morgan fingerprint density at radius 3 is 1.64 bits per heavy atom. The van der Waals surface area contributed by atoms with Gasteiger partial charge in [-0.15, -0.1) is 0 Å². The first-order valence-electron chi connectivity index (χ1n) is 9.15. The number of nitrogens with zero attached hydrogens (tertiary/aromatic N) is 3. The molecule has 0 amide bonds. The summed E-state index contributed by atoms with van der Waals surface area (Å²) in [5.74, 6) is 0. The molecular weight excluding hydrogens is 479 g/mol. The minimum Gasteiger partial charge on any atom is -0.298 e. The van der Waals surface area contributed by atoms with Gasteiger partial charge in [0.05, 0.1) is 4.92 Å². The lowest BCUT2D eigenvalue weighted by Gasteiger charge is -2.35. The van der Waals surface area contributed by atoms with Crippen LogP contribution in [0, 0.1) is 13.7 Å². The zero-order chi connectivity index (χ0) is 20.1. The quantitative estimate of drug-likeness (QED) is 0.318. The van der Waals surface area contributed by atoms with Gasteiger partial charge in [-0.05, 0) is 58.0 Å². The Balaban J connectivity index is 1.45. The van der Waals surface area contributed by atoms with Crippen LogP contribution < -0.4 is 0 Å². The van der Waals surface area contributed by atoms with E-state index in [0.717, 1.165) is 3.57 Å². The molecule has 1 saturated heterocycles. The van der Waals surface area contributed by atoms with E-state index in [1.165, 1.54) is 24.3 Å². The third-order valence-electron chi connectivity index (χ3n) is 5.00. The maximum Gasteiger partial charge on any atom is 0.269 e. The average Bonchev–Trinajstić information content (AvgIpc) is 2.70. The van der Waals surface area contributed by atoms with Crippen LogP contribution in [0.15, 0.2) is 48.5 Å². The van der Waals surface area contributed by atoms with Crippen LogP contribution in [-0.2, 0) is 0 Å². The average molecular weight is 501 g/mol. The van der Waals surface area contributed by atoms with Crippen molar-refractivity contribution < 1.29 is 13.7 Å². The predicted octanol–water partition coefficient (Wildman–Crippen LogP) is 4.54. The molecule has 0 bridgehead atoms. The van der Waals surface area contributed by atoms with Gasteiger partial charge in [0.25, 0.3) is 5.69 Å². The smallest absolute Gasteiger partial charge is 0.269 e. The number of nitro groups is 1. The van der Waals surface area contributed by atoms with Gasteiger partial charge < -0.3 is 0 Å². The second kappa shape index (κ2) is 9.71. The molecule has 1 aliphatic heterocycles. The molecule has 0 spiro atoms. The zero-order valence-corrected chi connectivity index (χ0v) is 17.5. The summed E-state index contributed by atoms with van der Waals surface area (Å²) in [5.41, 5.74) is 1.08. The zero-order valence-electron chi connectivity index (χ0n) is 15.3. The number of piperazine rings is 1. The lowest BCUT2D eigenvalue weighted by molar-refractivity contribution is -0.384. The maximum absolute atomic E-state index is 14.5. The second-order valence-corrected chi connectivity index (χ2v) is 8.18. The Morgan fingerprint density at radius 1 is 0.857 bits per heavy atom. The summed E-state index contributed by atoms with van der Waals surface area (Å²) in [5, 5.41) is 10.7. The van der Waals surface area contributed by atoms with E-state index >= 15 is 0 Å². The van der Waals surface area contributed by atoms with Gasteiger partial charge in [-0.2, -0.15) is 0 Å². The first kappa shape index (κ1) is 21.1. The van der Waals surface area contributed by atoms with Crippen LogP contribution in [-0.4, -0.2) is 54.0 Å². The Hall–Kier alpha value is -1.65. The van der Waals surface area contributed by atoms with Crippen LogP contribution in [0.5, 0.6) is 0 Å². The van der Waals surface area contributed by atoms with E-state index in [-0.39, 0.29) is 12.2 Å². The normalized spacial score (nSPS) is 18.0. The molecule has 5 nitrogen and oxygen atoms in total. The molecule has 1 heterocycles. The van der Waals surface area contributed by atoms with Crippen LogP contribution in [0.3, 0.4) is 0 Å². The van der Waals surface area contributed by atoms with Crippen LogP contribution >= 0.6 is 22.6 Å². The number of non-ortho nitro benzene ring substituents is 1. The molecule has 28 heavy (non-hydrogen) atoms. The molecule has 1 fully saturated rings. The summed E-state index contributed by atoms with van der Waals surface area (Å²) in [4.78, 5) is 14.3. The Morgan fingerprint density at radius 2 is 1.25 bits per heavy atom. The first-order chi connectivity index (χ1) is 13.4. The molecule has 2 aromatic rings. The minimum absolute atomic E-state index is 0.0431. The molecule has 1 aliphatic rings. The summed E-state index contributed by atoms with van der Waals surface area (Å²) >= 11 is 2.20. The Bertz CT molecular complexity index is 781. The molecule has 0 aliphatic carbocycles. The Labute approximate surface area is 176 Å². The fourth-order valence-corrected chi connectivity index (χ4v) is 3.65. The van der Waals surface area contributed by atoms with Gasteiger partial charge in [0.2, 0.25) is 0 Å². The van der Waals surface area contributed by atoms with Gasteiger partial charge in [0.15, 0.2) is 0 Å². The third kappa shape index (κ3) is 5.68. The van der Waals surface area contributed by atoms with Crippen molar-refractivity contribution >= 4 is 28.3 Å². The van der Waals surface area contributed by atoms with Crippen molar-refractivity contribution in [2.24, 2.45) is 0 Å². The summed E-state index contributed by atoms with van der Waals surface area (Å²) in [7, 11) is 0. The molecule has 3 rings (SSSR count). The molecule has 2 atom stereocenters. The van der Waals surface area contributed by atoms with Crippen LogP contribution in [0.4, 0.5) is 14.5 Å². The topological polar surface area (TPSA) is 49.6 Å². The van der Waals surface area contributed by atoms with Gasteiger partial charge in [-0.25, -0.2) is 8.78 Å². The third-order valence-corrected chi connectivity index (χ3v) is 5.72. The van der Waals surface area contributed by atoms with Crippen molar-refractivity contribution in [3.05, 3.63) is 73.3 Å². The molecule has 8 heteroatoms. The van der Waals surface area contributed by atoms with E-state index in [2.05, 4.69) is 27.5 Å². The fourth-order valence-electron chi connectivity index (χ4n) is 3.30. The molecule has 0 N–H and O–H groups in total. The van der Waals surface area contributed by atoms with Crippen molar-refractivity contribution in [3.63, 3.8) is 0 Å². The highest BCUT2D eigenvalue weighted by Crippen LogP contribution is 2.24. The van der Waals surface area contributed by atoms with E-state index in [9.17, 15) is 18.9 Å². The lowest BCUT2D eigenvalue weighted by Crippen LogP contribution is -2.48. The van der Waals surface area contributed by atoms with E-state index in [1.54, 1.807) is 0 Å². The number of halogens is 3. The van der Waals surface area contributed by atoms with Gasteiger partial charge in [0.1, 0.15) is 12.3 Å². The molecule has 0 aromatic heterocycles. The number of nitro benzene ring substituents is 1. The van der Waals surface area contributed by atoms with Crippen molar-refractivity contribution in [2.75, 3.05) is 39.3 Å². The molecule has 150 valence electrons. The summed E-state index contributed by atoms with van der Waals surface area (Å²) in [6.07, 6.45) is -2.23. The molecule has 2 aromatic carbocycles. The summed E-state index contributed by atoms with van der Waals surface area (Å²) < 4.78 is 30.1. The molecule has 0 radical (unpaired) electrons. The maximum atomic E-state index is 14.5. The fraction of sp³-hybridized carbons (Fsp3) is 0.400. The van der Waals surface area contributed by atoms with E-state index < -0.39 is 17.3 Å². The van der Waals surface area contributed by atoms with E-state index in [1.807, 2.05) is 29.2 Å². The highest BCUT2D eigenvalue weighted by Gasteiger charge is 2.23. The Kier molecular flexibility index (Phi) is 7.30. The highest BCUT2D eigenvalue weighted by atomic mass is 127. The SMILES string of the molecule is O=[N+]([O-])c1ccc(C(F)CN2CCN(CC(F)c3ccc(I)cc3)CC2)cc1. The number of rotatable bonds is 7. The molecule has 2 unspecified atom stereocenters. The van der Waals surface area contributed by atoms with E-state index in [0.29, 0.717) is 43.9 Å². The number of hydrogen-bond acceptors (Lipinski definition) is 4. The number of alkyl halides is 2. The van der Waals surface area contributed by atoms with Crippen LogP contribution in [0.2, 0.25) is 0 Å². The van der Waals surface area contributed by atoms with E-state index in [4.69, 9.17) is 0 Å². The van der Waals surface area contributed by atoms with Crippen molar-refractivity contribution in [3.8, 4) is 0 Å². The van der Waals surface area contributed by atoms with Crippen molar-refractivity contribution in [2.45, 2.75) is 12.3 Å². The predicted molar refractivity (Wildman–Crippen MR) is 113 cm³/mol. The first-order valence-corrected chi connectivity index (χ1v) is 10.2. The van der Waals surface area contributed by atoms with Crippen LogP contribution in [0.1, 0.15) is 23.5 Å². The molecular formula is C20H22F2IN3O2. The number of hydrogen-bond donors (Lipinski definition) is 0. The van der Waals surface area contributed by atoms with Gasteiger partial charge in [-0.3, -0.25) is 19.9 Å². The highest BCUT2D eigenvalue weighted by molar-refractivity contribution is 14.1. The van der Waals surface area contributed by atoms with Crippen molar-refractivity contribution in [1.29, 1.82) is 0 Å². The standard InChI is InChI=1S/C20H22F2IN3O2/c21-19(15-1-5-17(23)6-2-15)13-24-9-11-25(12-10-24)14-20(22)16-3-7-18(8-4-16)26(27)28/h1-8,19-20H,9-14H2. The van der Waals surface area contributed by atoms with Crippen molar-refractivity contribution in [1.82, 2.24) is 9.80 Å². The number of benzene rings is 2.